The molecule has 2 aromatic carbocycles. The zero-order valence-corrected chi connectivity index (χ0v) is 13.4. The molecule has 0 aliphatic heterocycles. The van der Waals surface area contributed by atoms with Crippen LogP contribution >= 0.6 is 15.9 Å². The molecule has 2 nitrogen and oxygen atoms in total. The van der Waals surface area contributed by atoms with Crippen LogP contribution in [0.3, 0.4) is 0 Å². The number of fused-ring (bicyclic) bond motifs is 1. The highest BCUT2D eigenvalue weighted by Crippen LogP contribution is 2.41. The van der Waals surface area contributed by atoms with Gasteiger partial charge in [-0.3, -0.25) is 0 Å². The van der Waals surface area contributed by atoms with E-state index in [0.717, 1.165) is 30.6 Å². The van der Waals surface area contributed by atoms with Crippen LogP contribution in [-0.4, -0.2) is 7.11 Å². The Morgan fingerprint density at radius 2 is 2.05 bits per heavy atom. The number of hydrogen-bond donors (Lipinski definition) is 1. The standard InChI is InChI=1S/C17H17BrFNO/c1-21-12-8-7-11-4-3-9-17(20,14(11)10-12)13-5-2-6-15(18)16(13)19/h2,5-8,10H,3-4,9,20H2,1H3. The van der Waals surface area contributed by atoms with E-state index in [-0.39, 0.29) is 5.82 Å². The molecule has 3 rings (SSSR count). The van der Waals surface area contributed by atoms with E-state index < -0.39 is 5.54 Å². The summed E-state index contributed by atoms with van der Waals surface area (Å²) in [5.41, 5.74) is 8.53. The summed E-state index contributed by atoms with van der Waals surface area (Å²) < 4.78 is 20.3. The van der Waals surface area contributed by atoms with Crippen molar-refractivity contribution in [3.05, 3.63) is 63.4 Å². The van der Waals surface area contributed by atoms with Crippen LogP contribution in [0, 0.1) is 5.82 Å². The Kier molecular flexibility index (Phi) is 3.76. The first-order chi connectivity index (χ1) is 10.1. The van der Waals surface area contributed by atoms with Gasteiger partial charge in [0.2, 0.25) is 0 Å². The molecule has 21 heavy (non-hydrogen) atoms. The molecular weight excluding hydrogens is 333 g/mol. The molecule has 0 aromatic heterocycles. The van der Waals surface area contributed by atoms with Crippen molar-refractivity contribution in [2.75, 3.05) is 7.11 Å². The number of benzene rings is 2. The molecule has 1 atom stereocenters. The zero-order valence-electron chi connectivity index (χ0n) is 11.8. The van der Waals surface area contributed by atoms with Crippen molar-refractivity contribution in [2.24, 2.45) is 5.73 Å². The Labute approximate surface area is 132 Å². The molecule has 0 bridgehead atoms. The van der Waals surface area contributed by atoms with Gasteiger partial charge in [-0.25, -0.2) is 4.39 Å². The normalized spacial score (nSPS) is 21.0. The molecule has 4 heteroatoms. The number of methoxy groups -OCH3 is 1. The fourth-order valence-electron chi connectivity index (χ4n) is 3.14. The van der Waals surface area contributed by atoms with E-state index in [9.17, 15) is 4.39 Å². The van der Waals surface area contributed by atoms with Gasteiger partial charge in [-0.05, 0) is 64.5 Å². The lowest BCUT2D eigenvalue weighted by molar-refractivity contribution is 0.399. The van der Waals surface area contributed by atoms with E-state index in [1.807, 2.05) is 24.3 Å². The number of rotatable bonds is 2. The van der Waals surface area contributed by atoms with E-state index in [2.05, 4.69) is 15.9 Å². The fourth-order valence-corrected chi connectivity index (χ4v) is 3.50. The van der Waals surface area contributed by atoms with Crippen molar-refractivity contribution < 1.29 is 9.13 Å². The molecule has 1 unspecified atom stereocenters. The van der Waals surface area contributed by atoms with Crippen molar-refractivity contribution in [3.63, 3.8) is 0 Å². The highest BCUT2D eigenvalue weighted by atomic mass is 79.9. The Morgan fingerprint density at radius 1 is 1.24 bits per heavy atom. The van der Waals surface area contributed by atoms with Crippen LogP contribution in [0.2, 0.25) is 0 Å². The molecule has 0 saturated heterocycles. The maximum Gasteiger partial charge on any atom is 0.142 e. The monoisotopic (exact) mass is 349 g/mol. The minimum absolute atomic E-state index is 0.282. The van der Waals surface area contributed by atoms with Crippen LogP contribution in [0.1, 0.15) is 29.5 Å². The van der Waals surface area contributed by atoms with Crippen molar-refractivity contribution in [2.45, 2.75) is 24.8 Å². The topological polar surface area (TPSA) is 35.2 Å². The smallest absolute Gasteiger partial charge is 0.142 e. The van der Waals surface area contributed by atoms with Crippen LogP contribution in [0.5, 0.6) is 5.75 Å². The Morgan fingerprint density at radius 3 is 2.81 bits per heavy atom. The van der Waals surface area contributed by atoms with Crippen LogP contribution in [0.4, 0.5) is 4.39 Å². The molecule has 0 fully saturated rings. The van der Waals surface area contributed by atoms with Crippen LogP contribution in [0.25, 0.3) is 0 Å². The lowest BCUT2D eigenvalue weighted by atomic mass is 9.73. The SMILES string of the molecule is COc1ccc2c(c1)C(N)(c1cccc(Br)c1F)CCC2. The van der Waals surface area contributed by atoms with Crippen molar-refractivity contribution in [3.8, 4) is 5.75 Å². The predicted octanol–water partition coefficient (Wildman–Crippen LogP) is 4.14. The lowest BCUT2D eigenvalue weighted by Crippen LogP contribution is -2.42. The van der Waals surface area contributed by atoms with E-state index in [1.54, 1.807) is 19.2 Å². The molecule has 110 valence electrons. The second kappa shape index (κ2) is 5.43. The Hall–Kier alpha value is -1.39. The molecule has 0 spiro atoms. The third-order valence-corrected chi connectivity index (χ3v) is 4.86. The number of ether oxygens (including phenoxy) is 1. The third kappa shape index (κ3) is 2.36. The van der Waals surface area contributed by atoms with Gasteiger partial charge in [0.05, 0.1) is 17.1 Å². The van der Waals surface area contributed by atoms with Crippen LogP contribution < -0.4 is 10.5 Å². The van der Waals surface area contributed by atoms with Gasteiger partial charge in [0.25, 0.3) is 0 Å². The van der Waals surface area contributed by atoms with Crippen LogP contribution in [-0.2, 0) is 12.0 Å². The Balaban J connectivity index is 2.21. The highest BCUT2D eigenvalue weighted by molar-refractivity contribution is 9.10. The first kappa shape index (κ1) is 14.5. The van der Waals surface area contributed by atoms with Crippen molar-refractivity contribution >= 4 is 15.9 Å². The maximum absolute atomic E-state index is 14.5. The molecule has 1 aliphatic rings. The highest BCUT2D eigenvalue weighted by Gasteiger charge is 2.37. The summed E-state index contributed by atoms with van der Waals surface area (Å²) in [6.07, 6.45) is 2.64. The van der Waals surface area contributed by atoms with Gasteiger partial charge in [-0.15, -0.1) is 0 Å². The Bertz CT molecular complexity index is 688. The number of halogens is 2. The molecular formula is C17H17BrFNO. The summed E-state index contributed by atoms with van der Waals surface area (Å²) in [5, 5.41) is 0. The zero-order chi connectivity index (χ0) is 15.0. The van der Waals surface area contributed by atoms with Gasteiger partial charge in [-0.1, -0.05) is 18.2 Å². The molecule has 1 aliphatic carbocycles. The molecule has 0 radical (unpaired) electrons. The van der Waals surface area contributed by atoms with E-state index in [4.69, 9.17) is 10.5 Å². The molecule has 0 saturated carbocycles. The predicted molar refractivity (Wildman–Crippen MR) is 85.0 cm³/mol. The summed E-state index contributed by atoms with van der Waals surface area (Å²) in [5.74, 6) is 0.469. The van der Waals surface area contributed by atoms with Gasteiger partial charge in [0, 0.05) is 5.56 Å². The first-order valence-corrected chi connectivity index (χ1v) is 7.76. The fraction of sp³-hybridized carbons (Fsp3) is 0.294. The molecule has 2 aromatic rings. The summed E-state index contributed by atoms with van der Waals surface area (Å²) in [7, 11) is 1.63. The van der Waals surface area contributed by atoms with Crippen LogP contribution in [0.15, 0.2) is 40.9 Å². The largest absolute Gasteiger partial charge is 0.497 e. The van der Waals surface area contributed by atoms with Gasteiger partial charge >= 0.3 is 0 Å². The number of nitrogens with two attached hydrogens (primary N) is 1. The van der Waals surface area contributed by atoms with Gasteiger partial charge < -0.3 is 10.5 Å². The summed E-state index contributed by atoms with van der Waals surface area (Å²) >= 11 is 3.25. The van der Waals surface area contributed by atoms with Gasteiger partial charge in [0.1, 0.15) is 11.6 Å². The van der Waals surface area contributed by atoms with Gasteiger partial charge in [0.15, 0.2) is 0 Å². The van der Waals surface area contributed by atoms with E-state index >= 15 is 0 Å². The molecule has 0 amide bonds. The second-order valence-corrected chi connectivity index (χ2v) is 6.30. The molecule has 2 N–H and O–H groups in total. The summed E-state index contributed by atoms with van der Waals surface area (Å²) in [4.78, 5) is 0. The first-order valence-electron chi connectivity index (χ1n) is 6.97. The third-order valence-electron chi connectivity index (χ3n) is 4.25. The second-order valence-electron chi connectivity index (χ2n) is 5.45. The lowest BCUT2D eigenvalue weighted by Gasteiger charge is -2.37. The number of aryl methyl sites for hydroxylation is 1. The minimum Gasteiger partial charge on any atom is -0.497 e. The quantitative estimate of drug-likeness (QED) is 0.884. The van der Waals surface area contributed by atoms with Crippen molar-refractivity contribution in [1.29, 1.82) is 0 Å². The van der Waals surface area contributed by atoms with Gasteiger partial charge in [-0.2, -0.15) is 0 Å². The van der Waals surface area contributed by atoms with E-state index in [0.29, 0.717) is 10.0 Å². The van der Waals surface area contributed by atoms with E-state index in [1.165, 1.54) is 5.56 Å². The maximum atomic E-state index is 14.5. The summed E-state index contributed by atoms with van der Waals surface area (Å²) in [6.45, 7) is 0. The minimum atomic E-state index is -0.810. The average Bonchev–Trinajstić information content (AvgIpc) is 2.50. The molecule has 0 heterocycles. The average molecular weight is 350 g/mol. The van der Waals surface area contributed by atoms with Crippen molar-refractivity contribution in [1.82, 2.24) is 0 Å². The number of hydrogen-bond acceptors (Lipinski definition) is 2. The summed E-state index contributed by atoms with van der Waals surface area (Å²) in [6, 6.07) is 11.2.